The van der Waals surface area contributed by atoms with Crippen LogP contribution >= 0.6 is 0 Å². The van der Waals surface area contributed by atoms with Crippen LogP contribution in [0.25, 0.3) is 0 Å². The molecule has 5 heteroatoms. The topological polar surface area (TPSA) is 72.8 Å². The summed E-state index contributed by atoms with van der Waals surface area (Å²) in [5.74, 6) is -0.656. The summed E-state index contributed by atoms with van der Waals surface area (Å²) < 4.78 is 10.6. The zero-order chi connectivity index (χ0) is 36.4. The molecule has 0 fully saturated rings. The Hall–Kier alpha value is -2.40. The summed E-state index contributed by atoms with van der Waals surface area (Å²) in [6, 6.07) is 0. The van der Waals surface area contributed by atoms with E-state index in [-0.39, 0.29) is 25.2 Å². The van der Waals surface area contributed by atoms with Crippen LogP contribution in [0, 0.1) is 0 Å². The van der Waals surface area contributed by atoms with Crippen LogP contribution in [-0.2, 0) is 19.1 Å². The fourth-order valence-corrected chi connectivity index (χ4v) is 5.71. The molecule has 0 aromatic rings. The number of hydrogen-bond donors (Lipinski definition) is 1. The van der Waals surface area contributed by atoms with Crippen molar-refractivity contribution in [2.75, 3.05) is 13.2 Å². The first-order valence-corrected chi connectivity index (χ1v) is 20.8. The van der Waals surface area contributed by atoms with Crippen LogP contribution in [0.2, 0.25) is 0 Å². The Balaban J connectivity index is 3.61. The Morgan fingerprint density at radius 2 is 0.860 bits per heavy atom. The Morgan fingerprint density at radius 3 is 1.28 bits per heavy atom. The monoisotopic (exact) mass is 699 g/mol. The molecule has 0 unspecified atom stereocenters. The first-order chi connectivity index (χ1) is 24.6. The van der Waals surface area contributed by atoms with Gasteiger partial charge in [-0.1, -0.05) is 190 Å². The third-order valence-corrected chi connectivity index (χ3v) is 8.83. The van der Waals surface area contributed by atoms with E-state index < -0.39 is 6.10 Å². The maximum Gasteiger partial charge on any atom is 0.306 e. The van der Waals surface area contributed by atoms with Crippen molar-refractivity contribution >= 4 is 11.9 Å². The summed E-state index contributed by atoms with van der Waals surface area (Å²) in [7, 11) is 0. The van der Waals surface area contributed by atoms with Gasteiger partial charge in [-0.05, 0) is 51.4 Å². The Labute approximate surface area is 309 Å². The molecule has 0 radical (unpaired) electrons. The van der Waals surface area contributed by atoms with Gasteiger partial charge in [0.25, 0.3) is 0 Å². The van der Waals surface area contributed by atoms with Crippen LogP contribution in [0.15, 0.2) is 60.8 Å². The van der Waals surface area contributed by atoms with Crippen molar-refractivity contribution < 1.29 is 24.2 Å². The van der Waals surface area contributed by atoms with E-state index in [1.54, 1.807) is 0 Å². The molecule has 0 saturated carbocycles. The number of unbranched alkanes of at least 4 members (excludes halogenated alkanes) is 19. The minimum atomic E-state index is -0.794. The summed E-state index contributed by atoms with van der Waals surface area (Å²) in [6.07, 6.45) is 52.9. The largest absolute Gasteiger partial charge is 0.462 e. The number of carbonyl (C=O) groups excluding carboxylic acids is 2. The molecule has 0 heterocycles. The zero-order valence-electron chi connectivity index (χ0n) is 32.6. The van der Waals surface area contributed by atoms with Crippen LogP contribution < -0.4 is 0 Å². The molecular formula is C45H78O5. The molecule has 0 rings (SSSR count). The highest BCUT2D eigenvalue weighted by Gasteiger charge is 2.16. The Bertz CT molecular complexity index is 884. The third-order valence-electron chi connectivity index (χ3n) is 8.83. The van der Waals surface area contributed by atoms with Gasteiger partial charge in [0, 0.05) is 12.8 Å². The summed E-state index contributed by atoms with van der Waals surface area (Å²) in [6.45, 7) is 3.98. The molecule has 0 aliphatic carbocycles. The maximum atomic E-state index is 12.2. The molecule has 1 atom stereocenters. The molecule has 50 heavy (non-hydrogen) atoms. The van der Waals surface area contributed by atoms with Crippen molar-refractivity contribution in [3.05, 3.63) is 60.8 Å². The van der Waals surface area contributed by atoms with E-state index in [4.69, 9.17) is 9.47 Å². The van der Waals surface area contributed by atoms with E-state index in [1.165, 1.54) is 103 Å². The second kappa shape index (κ2) is 41.0. The number of rotatable bonds is 37. The summed E-state index contributed by atoms with van der Waals surface area (Å²) in [5.41, 5.74) is 0. The van der Waals surface area contributed by atoms with Gasteiger partial charge in [0.2, 0.25) is 0 Å². The number of hydrogen-bond acceptors (Lipinski definition) is 5. The predicted octanol–water partition coefficient (Wildman–Crippen LogP) is 13.2. The zero-order valence-corrected chi connectivity index (χ0v) is 32.6. The second-order valence-electron chi connectivity index (χ2n) is 13.7. The van der Waals surface area contributed by atoms with Gasteiger partial charge in [-0.25, -0.2) is 0 Å². The Morgan fingerprint density at radius 1 is 0.480 bits per heavy atom. The third kappa shape index (κ3) is 38.4. The van der Waals surface area contributed by atoms with Gasteiger partial charge in [0.15, 0.2) is 6.10 Å². The SMILES string of the molecule is CC/C=C/C/C=C/C/C=C/C/C=C/C/C=C/CCCC(=O)OC[C@H](CO)OC(=O)CCCCCCCCCCCCCCCCCCCCC. The van der Waals surface area contributed by atoms with Crippen LogP contribution in [0.5, 0.6) is 0 Å². The number of ether oxygens (including phenoxy) is 2. The number of allylic oxidation sites excluding steroid dienone is 10. The van der Waals surface area contributed by atoms with Crippen molar-refractivity contribution in [2.45, 2.75) is 200 Å². The molecule has 1 N–H and O–H groups in total. The van der Waals surface area contributed by atoms with Gasteiger partial charge in [0.05, 0.1) is 6.61 Å². The van der Waals surface area contributed by atoms with Gasteiger partial charge in [-0.3, -0.25) is 9.59 Å². The van der Waals surface area contributed by atoms with Crippen molar-refractivity contribution in [3.8, 4) is 0 Å². The lowest BCUT2D eigenvalue weighted by Crippen LogP contribution is -2.28. The van der Waals surface area contributed by atoms with Crippen LogP contribution in [0.1, 0.15) is 194 Å². The molecule has 0 amide bonds. The minimum absolute atomic E-state index is 0.0953. The number of aliphatic hydroxyl groups excluding tert-OH is 1. The fourth-order valence-electron chi connectivity index (χ4n) is 5.71. The highest BCUT2D eigenvalue weighted by Crippen LogP contribution is 2.15. The lowest BCUT2D eigenvalue weighted by Gasteiger charge is -2.15. The molecule has 288 valence electrons. The first-order valence-electron chi connectivity index (χ1n) is 20.8. The van der Waals surface area contributed by atoms with Gasteiger partial charge >= 0.3 is 11.9 Å². The highest BCUT2D eigenvalue weighted by molar-refractivity contribution is 5.70. The average molecular weight is 699 g/mol. The van der Waals surface area contributed by atoms with E-state index in [0.717, 1.165) is 57.8 Å². The van der Waals surface area contributed by atoms with Crippen LogP contribution in [-0.4, -0.2) is 36.4 Å². The van der Waals surface area contributed by atoms with Gasteiger partial charge in [0.1, 0.15) is 6.61 Å². The van der Waals surface area contributed by atoms with E-state index in [1.807, 2.05) is 0 Å². The molecule has 0 aromatic heterocycles. The lowest BCUT2D eigenvalue weighted by atomic mass is 10.0. The summed E-state index contributed by atoms with van der Waals surface area (Å²) in [4.78, 5) is 24.3. The first kappa shape index (κ1) is 47.6. The smallest absolute Gasteiger partial charge is 0.306 e. The normalized spacial score (nSPS) is 12.8. The molecule has 0 aromatic carbocycles. The molecule has 5 nitrogen and oxygen atoms in total. The van der Waals surface area contributed by atoms with Crippen LogP contribution in [0.3, 0.4) is 0 Å². The minimum Gasteiger partial charge on any atom is -0.462 e. The molecule has 0 bridgehead atoms. The van der Waals surface area contributed by atoms with E-state index in [9.17, 15) is 14.7 Å². The predicted molar refractivity (Wildman–Crippen MR) is 214 cm³/mol. The summed E-state index contributed by atoms with van der Waals surface area (Å²) in [5, 5.41) is 9.56. The van der Waals surface area contributed by atoms with Crippen molar-refractivity contribution in [1.82, 2.24) is 0 Å². The van der Waals surface area contributed by atoms with Crippen LogP contribution in [0.4, 0.5) is 0 Å². The lowest BCUT2D eigenvalue weighted by molar-refractivity contribution is -0.161. The van der Waals surface area contributed by atoms with Crippen molar-refractivity contribution in [3.63, 3.8) is 0 Å². The number of aliphatic hydroxyl groups is 1. The highest BCUT2D eigenvalue weighted by atomic mass is 16.6. The number of esters is 2. The molecule has 0 saturated heterocycles. The maximum absolute atomic E-state index is 12.2. The number of carbonyl (C=O) groups is 2. The van der Waals surface area contributed by atoms with E-state index in [2.05, 4.69) is 74.6 Å². The van der Waals surface area contributed by atoms with Crippen molar-refractivity contribution in [2.24, 2.45) is 0 Å². The second-order valence-corrected chi connectivity index (χ2v) is 13.7. The average Bonchev–Trinajstić information content (AvgIpc) is 3.12. The molecular weight excluding hydrogens is 620 g/mol. The van der Waals surface area contributed by atoms with E-state index >= 15 is 0 Å². The van der Waals surface area contributed by atoms with Gasteiger partial charge < -0.3 is 14.6 Å². The molecule has 0 aliphatic heterocycles. The molecule has 0 spiro atoms. The van der Waals surface area contributed by atoms with Gasteiger partial charge in [-0.15, -0.1) is 0 Å². The molecule has 0 aliphatic rings. The summed E-state index contributed by atoms with van der Waals surface area (Å²) >= 11 is 0. The van der Waals surface area contributed by atoms with Gasteiger partial charge in [-0.2, -0.15) is 0 Å². The fraction of sp³-hybridized carbons (Fsp3) is 0.733. The quantitative estimate of drug-likeness (QED) is 0.0397. The Kier molecular flexibility index (Phi) is 39.1. The standard InChI is InChI=1S/C45H78O5/c1-3-5-7-9-11-13-15-17-19-21-22-24-26-28-30-32-34-36-38-40-45(48)50-43(41-46)42-49-44(47)39-37-35-33-31-29-27-25-23-20-18-16-14-12-10-8-6-4-2/h6,8,12,14,18,20,25,27,31,33,43,46H,3-5,7,9-11,13,15-17,19,21-24,26,28-30,32,34-42H2,1-2H3/b8-6+,14-12+,20-18+,27-25+,33-31+/t43-/m0/s1. The van der Waals surface area contributed by atoms with Crippen molar-refractivity contribution in [1.29, 1.82) is 0 Å². The van der Waals surface area contributed by atoms with E-state index in [0.29, 0.717) is 19.3 Å².